The highest BCUT2D eigenvalue weighted by Gasteiger charge is 2.37. The van der Waals surface area contributed by atoms with E-state index in [4.69, 9.17) is 23.8 Å². The summed E-state index contributed by atoms with van der Waals surface area (Å²) < 4.78 is 15.1. The Morgan fingerprint density at radius 1 is 0.397 bits per heavy atom. The summed E-state index contributed by atoms with van der Waals surface area (Å²) in [5.74, 6) is 1.59. The number of para-hydroxylation sites is 3. The van der Waals surface area contributed by atoms with Crippen LogP contribution in [0.3, 0.4) is 0 Å². The molecule has 10 aromatic carbocycles. The SMILES string of the molecule is CC1(C)c2cc(-c3cccc4c5c6ccccc6ccc5n(-c5nc(-c6ccc7c(c6)oc6ccccc67)nc(-c6ccc7c(c6)oc6ccccc67)n5)c34)ccc2-c2c1ccc1ccccc21. The van der Waals surface area contributed by atoms with E-state index in [0.717, 1.165) is 87.9 Å². The van der Waals surface area contributed by atoms with E-state index < -0.39 is 0 Å². The largest absolute Gasteiger partial charge is 0.456 e. The van der Waals surface area contributed by atoms with Gasteiger partial charge in [0.1, 0.15) is 22.3 Å². The summed E-state index contributed by atoms with van der Waals surface area (Å²) in [7, 11) is 0. The maximum absolute atomic E-state index is 6.43. The van der Waals surface area contributed by atoms with E-state index in [1.807, 2.05) is 36.4 Å². The third kappa shape index (κ3) is 5.20. The van der Waals surface area contributed by atoms with Gasteiger partial charge in [-0.2, -0.15) is 9.97 Å². The van der Waals surface area contributed by atoms with Gasteiger partial charge in [-0.25, -0.2) is 4.98 Å². The van der Waals surface area contributed by atoms with Gasteiger partial charge in [0.15, 0.2) is 11.6 Å². The van der Waals surface area contributed by atoms with Gasteiger partial charge in [0.05, 0.1) is 11.0 Å². The van der Waals surface area contributed by atoms with Crippen LogP contribution >= 0.6 is 0 Å². The molecule has 0 unspecified atom stereocenters. The predicted octanol–water partition coefficient (Wildman–Crippen LogP) is 16.4. The second kappa shape index (κ2) is 13.6. The Morgan fingerprint density at radius 3 is 1.65 bits per heavy atom. The molecule has 0 atom stereocenters. The van der Waals surface area contributed by atoms with Crippen LogP contribution in [0.25, 0.3) is 138 Å². The summed E-state index contributed by atoms with van der Waals surface area (Å²) in [6, 6.07) is 69.0. The van der Waals surface area contributed by atoms with E-state index in [1.165, 1.54) is 43.8 Å². The zero-order valence-corrected chi connectivity index (χ0v) is 37.1. The second-order valence-corrected chi connectivity index (χ2v) is 18.7. The van der Waals surface area contributed by atoms with E-state index in [-0.39, 0.29) is 5.41 Å². The van der Waals surface area contributed by atoms with Gasteiger partial charge in [-0.1, -0.05) is 159 Å². The quantitative estimate of drug-likeness (QED) is 0.176. The lowest BCUT2D eigenvalue weighted by Gasteiger charge is -2.22. The van der Waals surface area contributed by atoms with E-state index in [2.05, 4.69) is 176 Å². The Morgan fingerprint density at radius 2 is 0.956 bits per heavy atom. The fourth-order valence-electron chi connectivity index (χ4n) is 11.4. The van der Waals surface area contributed by atoms with Gasteiger partial charge in [-0.05, 0) is 97.9 Å². The number of hydrogen-bond acceptors (Lipinski definition) is 5. The van der Waals surface area contributed by atoms with Gasteiger partial charge >= 0.3 is 0 Å². The van der Waals surface area contributed by atoms with Gasteiger partial charge in [0.25, 0.3) is 0 Å². The number of hydrogen-bond donors (Lipinski definition) is 0. The summed E-state index contributed by atoms with van der Waals surface area (Å²) in [5.41, 5.74) is 14.2. The molecule has 0 amide bonds. The number of fused-ring (bicyclic) bond motifs is 16. The van der Waals surface area contributed by atoms with E-state index in [9.17, 15) is 0 Å². The first-order valence-corrected chi connectivity index (χ1v) is 23.2. The average Bonchev–Trinajstić information content (AvgIpc) is 4.12. The first kappa shape index (κ1) is 37.4. The number of aromatic nitrogens is 4. The van der Waals surface area contributed by atoms with Crippen molar-refractivity contribution >= 4 is 87.2 Å². The average molecular weight is 871 g/mol. The van der Waals surface area contributed by atoms with Crippen molar-refractivity contribution in [1.82, 2.24) is 19.5 Å². The molecular formula is C62H38N4O2. The third-order valence-electron chi connectivity index (χ3n) is 14.7. The predicted molar refractivity (Wildman–Crippen MR) is 278 cm³/mol. The van der Waals surface area contributed by atoms with Crippen molar-refractivity contribution in [3.8, 4) is 51.0 Å². The molecule has 15 rings (SSSR count). The Balaban J connectivity index is 1.01. The van der Waals surface area contributed by atoms with Crippen LogP contribution in [0.1, 0.15) is 25.0 Å². The van der Waals surface area contributed by atoms with Crippen LogP contribution in [0.5, 0.6) is 0 Å². The molecule has 0 aliphatic heterocycles. The lowest BCUT2D eigenvalue weighted by molar-refractivity contribution is 0.661. The van der Waals surface area contributed by atoms with Crippen molar-refractivity contribution < 1.29 is 8.83 Å². The van der Waals surface area contributed by atoms with E-state index in [0.29, 0.717) is 17.6 Å². The monoisotopic (exact) mass is 870 g/mol. The minimum Gasteiger partial charge on any atom is -0.456 e. The van der Waals surface area contributed by atoms with E-state index >= 15 is 0 Å². The smallest absolute Gasteiger partial charge is 0.238 e. The van der Waals surface area contributed by atoms with Gasteiger partial charge in [0.2, 0.25) is 5.95 Å². The van der Waals surface area contributed by atoms with Crippen LogP contribution < -0.4 is 0 Å². The fourth-order valence-corrected chi connectivity index (χ4v) is 11.4. The van der Waals surface area contributed by atoms with E-state index in [1.54, 1.807) is 0 Å². The summed E-state index contributed by atoms with van der Waals surface area (Å²) in [5, 5.41) is 11.4. The Hall–Kier alpha value is -8.87. The molecule has 0 radical (unpaired) electrons. The highest BCUT2D eigenvalue weighted by Crippen LogP contribution is 2.53. The molecule has 318 valence electrons. The lowest BCUT2D eigenvalue weighted by Crippen LogP contribution is -2.15. The van der Waals surface area contributed by atoms with Crippen LogP contribution in [0.4, 0.5) is 0 Å². The zero-order valence-electron chi connectivity index (χ0n) is 37.1. The molecule has 0 N–H and O–H groups in total. The molecule has 0 fully saturated rings. The highest BCUT2D eigenvalue weighted by molar-refractivity contribution is 6.23. The maximum Gasteiger partial charge on any atom is 0.238 e. The number of nitrogens with zero attached hydrogens (tertiary/aromatic N) is 4. The molecule has 14 aromatic rings. The van der Waals surface area contributed by atoms with Crippen LogP contribution in [-0.2, 0) is 5.41 Å². The van der Waals surface area contributed by atoms with Crippen LogP contribution in [0, 0.1) is 0 Å². The molecule has 0 saturated carbocycles. The van der Waals surface area contributed by atoms with Gasteiger partial charge < -0.3 is 8.83 Å². The van der Waals surface area contributed by atoms with Crippen LogP contribution in [0.15, 0.2) is 203 Å². The summed E-state index contributed by atoms with van der Waals surface area (Å²) >= 11 is 0. The molecule has 1 aliphatic rings. The molecule has 4 heterocycles. The second-order valence-electron chi connectivity index (χ2n) is 18.7. The fraction of sp³-hybridized carbons (Fsp3) is 0.0484. The standard InChI is InChI=1S/C62H38N4O2/c1-62(2)49-30-25-35-12-3-5-14-40(35)56(49)47-29-22-37(32-50(47)62)42-18-11-19-48-57-41-15-6-4-13-36(41)26-31-51(57)66(58(42)48)61-64-59(38-23-27-45-43-16-7-9-20-52(43)67-54(45)33-38)63-60(65-61)39-24-28-46-44-17-8-10-21-53(44)68-55(46)34-39/h3-34H,1-2H3. The van der Waals surface area contributed by atoms with Crippen LogP contribution in [-0.4, -0.2) is 19.5 Å². The molecule has 0 spiro atoms. The van der Waals surface area contributed by atoms with Gasteiger partial charge in [-0.15, -0.1) is 0 Å². The molecule has 1 aliphatic carbocycles. The summed E-state index contributed by atoms with van der Waals surface area (Å²) in [4.78, 5) is 16.2. The number of furan rings is 2. The van der Waals surface area contributed by atoms with Crippen molar-refractivity contribution in [3.63, 3.8) is 0 Å². The van der Waals surface area contributed by atoms with Gasteiger partial charge in [-0.3, -0.25) is 4.57 Å². The minimum atomic E-state index is -0.207. The topological polar surface area (TPSA) is 69.9 Å². The molecule has 68 heavy (non-hydrogen) atoms. The van der Waals surface area contributed by atoms with Crippen molar-refractivity contribution in [1.29, 1.82) is 0 Å². The molecular weight excluding hydrogens is 833 g/mol. The Bertz CT molecular complexity index is 4360. The minimum absolute atomic E-state index is 0.207. The number of benzene rings is 10. The summed E-state index contributed by atoms with van der Waals surface area (Å²) in [6.45, 7) is 4.72. The molecule has 6 nitrogen and oxygen atoms in total. The molecule has 0 bridgehead atoms. The third-order valence-corrected chi connectivity index (χ3v) is 14.7. The zero-order chi connectivity index (χ0) is 44.8. The summed E-state index contributed by atoms with van der Waals surface area (Å²) in [6.07, 6.45) is 0. The maximum atomic E-state index is 6.43. The molecule has 0 saturated heterocycles. The van der Waals surface area contributed by atoms with Crippen molar-refractivity contribution in [3.05, 3.63) is 205 Å². The van der Waals surface area contributed by atoms with Crippen molar-refractivity contribution in [2.45, 2.75) is 19.3 Å². The van der Waals surface area contributed by atoms with Crippen molar-refractivity contribution in [2.24, 2.45) is 0 Å². The highest BCUT2D eigenvalue weighted by atomic mass is 16.3. The van der Waals surface area contributed by atoms with Crippen molar-refractivity contribution in [2.75, 3.05) is 0 Å². The lowest BCUT2D eigenvalue weighted by atomic mass is 9.81. The first-order valence-electron chi connectivity index (χ1n) is 23.2. The molecule has 6 heteroatoms. The van der Waals surface area contributed by atoms with Gasteiger partial charge in [0, 0.05) is 54.4 Å². The molecule has 4 aromatic heterocycles. The van der Waals surface area contributed by atoms with Crippen LogP contribution in [0.2, 0.25) is 0 Å². The Kier molecular flexibility index (Phi) is 7.47. The normalized spacial score (nSPS) is 13.3. The number of rotatable bonds is 4. The first-order chi connectivity index (χ1) is 33.4. The Labute approximate surface area is 389 Å².